The molecule has 100 valence electrons. The molecule has 1 unspecified atom stereocenters. The highest BCUT2D eigenvalue weighted by atomic mass is 16.5. The minimum Gasteiger partial charge on any atom is -0.458 e. The Morgan fingerprint density at radius 3 is 2.78 bits per heavy atom. The standard InChI is InChI=1S/C15H23NO2/c1-4-5-10-16-11-13(3)18-15(17)14-9-7-6-8-12(14)2/h6-9,13,16H,4-5,10-11H2,1-3H3. The maximum absolute atomic E-state index is 11.9. The molecule has 0 fully saturated rings. The highest BCUT2D eigenvalue weighted by Gasteiger charge is 2.13. The van der Waals surface area contributed by atoms with Crippen molar-refractivity contribution >= 4 is 5.97 Å². The van der Waals surface area contributed by atoms with Gasteiger partial charge in [-0.2, -0.15) is 0 Å². The lowest BCUT2D eigenvalue weighted by Crippen LogP contribution is -2.29. The van der Waals surface area contributed by atoms with Crippen molar-refractivity contribution in [3.05, 3.63) is 35.4 Å². The SMILES string of the molecule is CCCCNCC(C)OC(=O)c1ccccc1C. The molecule has 0 amide bonds. The van der Waals surface area contributed by atoms with Crippen LogP contribution in [0.1, 0.15) is 42.6 Å². The zero-order valence-corrected chi connectivity index (χ0v) is 11.5. The molecule has 0 saturated heterocycles. The Kier molecular flexibility index (Phi) is 6.44. The lowest BCUT2D eigenvalue weighted by atomic mass is 10.1. The van der Waals surface area contributed by atoms with Gasteiger partial charge in [-0.05, 0) is 38.4 Å². The summed E-state index contributed by atoms with van der Waals surface area (Å²) < 4.78 is 5.40. The molecule has 0 radical (unpaired) electrons. The highest BCUT2D eigenvalue weighted by molar-refractivity contribution is 5.91. The summed E-state index contributed by atoms with van der Waals surface area (Å²) in [5.74, 6) is -0.238. The summed E-state index contributed by atoms with van der Waals surface area (Å²) in [7, 11) is 0. The Labute approximate surface area is 110 Å². The van der Waals surface area contributed by atoms with Crippen molar-refractivity contribution in [3.63, 3.8) is 0 Å². The number of rotatable bonds is 7. The van der Waals surface area contributed by atoms with Crippen LogP contribution < -0.4 is 5.32 Å². The second-order valence-corrected chi connectivity index (χ2v) is 4.59. The van der Waals surface area contributed by atoms with Crippen molar-refractivity contribution in [2.45, 2.75) is 39.7 Å². The van der Waals surface area contributed by atoms with Crippen LogP contribution in [0.4, 0.5) is 0 Å². The van der Waals surface area contributed by atoms with E-state index in [9.17, 15) is 4.79 Å². The van der Waals surface area contributed by atoms with E-state index in [1.807, 2.05) is 32.0 Å². The minimum atomic E-state index is -0.238. The van der Waals surface area contributed by atoms with E-state index in [-0.39, 0.29) is 12.1 Å². The van der Waals surface area contributed by atoms with Gasteiger partial charge in [0, 0.05) is 6.54 Å². The molecule has 0 heterocycles. The fourth-order valence-corrected chi connectivity index (χ4v) is 1.70. The van der Waals surface area contributed by atoms with Crippen LogP contribution in [0.3, 0.4) is 0 Å². The summed E-state index contributed by atoms with van der Waals surface area (Å²) in [5, 5.41) is 3.28. The lowest BCUT2D eigenvalue weighted by molar-refractivity contribution is 0.0342. The number of benzene rings is 1. The topological polar surface area (TPSA) is 38.3 Å². The molecular weight excluding hydrogens is 226 g/mol. The predicted octanol–water partition coefficient (Wildman–Crippen LogP) is 2.93. The van der Waals surface area contributed by atoms with Gasteiger partial charge >= 0.3 is 5.97 Å². The monoisotopic (exact) mass is 249 g/mol. The van der Waals surface area contributed by atoms with Gasteiger partial charge in [0.25, 0.3) is 0 Å². The zero-order valence-electron chi connectivity index (χ0n) is 11.5. The van der Waals surface area contributed by atoms with E-state index < -0.39 is 0 Å². The number of carbonyl (C=O) groups is 1. The number of nitrogens with one attached hydrogen (secondary N) is 1. The van der Waals surface area contributed by atoms with Crippen LogP contribution in [0.25, 0.3) is 0 Å². The van der Waals surface area contributed by atoms with E-state index in [4.69, 9.17) is 4.74 Å². The average Bonchev–Trinajstić information content (AvgIpc) is 2.35. The summed E-state index contributed by atoms with van der Waals surface area (Å²) in [6, 6.07) is 7.49. The van der Waals surface area contributed by atoms with Crippen LogP contribution in [0.15, 0.2) is 24.3 Å². The molecule has 0 aliphatic heterocycles. The van der Waals surface area contributed by atoms with Crippen LogP contribution >= 0.6 is 0 Å². The van der Waals surface area contributed by atoms with Gasteiger partial charge in [-0.25, -0.2) is 4.79 Å². The minimum absolute atomic E-state index is 0.103. The lowest BCUT2D eigenvalue weighted by Gasteiger charge is -2.14. The Morgan fingerprint density at radius 2 is 2.11 bits per heavy atom. The van der Waals surface area contributed by atoms with Gasteiger partial charge in [-0.3, -0.25) is 0 Å². The molecular formula is C15H23NO2. The third-order valence-corrected chi connectivity index (χ3v) is 2.81. The average molecular weight is 249 g/mol. The summed E-state index contributed by atoms with van der Waals surface area (Å²) >= 11 is 0. The number of unbranched alkanes of at least 4 members (excludes halogenated alkanes) is 1. The highest BCUT2D eigenvalue weighted by Crippen LogP contribution is 2.09. The van der Waals surface area contributed by atoms with E-state index >= 15 is 0 Å². The normalized spacial score (nSPS) is 12.2. The van der Waals surface area contributed by atoms with E-state index in [2.05, 4.69) is 12.2 Å². The Balaban J connectivity index is 2.38. The molecule has 1 N–H and O–H groups in total. The van der Waals surface area contributed by atoms with Crippen molar-refractivity contribution in [3.8, 4) is 0 Å². The van der Waals surface area contributed by atoms with Gasteiger partial charge in [0.1, 0.15) is 6.10 Å². The first-order chi connectivity index (χ1) is 8.65. The van der Waals surface area contributed by atoms with Crippen molar-refractivity contribution in [2.75, 3.05) is 13.1 Å². The number of hydrogen-bond donors (Lipinski definition) is 1. The molecule has 1 rings (SSSR count). The molecule has 3 heteroatoms. The molecule has 0 aromatic heterocycles. The predicted molar refractivity (Wildman–Crippen MR) is 73.8 cm³/mol. The largest absolute Gasteiger partial charge is 0.458 e. The van der Waals surface area contributed by atoms with Crippen molar-refractivity contribution in [1.82, 2.24) is 5.32 Å². The number of aryl methyl sites for hydroxylation is 1. The first-order valence-electron chi connectivity index (χ1n) is 6.62. The molecule has 0 aliphatic carbocycles. The van der Waals surface area contributed by atoms with Gasteiger partial charge in [-0.15, -0.1) is 0 Å². The van der Waals surface area contributed by atoms with Gasteiger partial charge in [0.15, 0.2) is 0 Å². The quantitative estimate of drug-likeness (QED) is 0.596. The second-order valence-electron chi connectivity index (χ2n) is 4.59. The number of esters is 1. The second kappa shape index (κ2) is 7.88. The third-order valence-electron chi connectivity index (χ3n) is 2.81. The van der Waals surface area contributed by atoms with E-state index in [1.165, 1.54) is 6.42 Å². The molecule has 0 saturated carbocycles. The Bertz CT molecular complexity index is 377. The molecule has 0 bridgehead atoms. The molecule has 3 nitrogen and oxygen atoms in total. The van der Waals surface area contributed by atoms with E-state index in [1.54, 1.807) is 6.07 Å². The van der Waals surface area contributed by atoms with Gasteiger partial charge < -0.3 is 10.1 Å². The molecule has 1 atom stereocenters. The smallest absolute Gasteiger partial charge is 0.338 e. The number of ether oxygens (including phenoxy) is 1. The zero-order chi connectivity index (χ0) is 13.4. The summed E-state index contributed by atoms with van der Waals surface area (Å²) in [6.07, 6.45) is 2.22. The maximum atomic E-state index is 11.9. The third kappa shape index (κ3) is 4.88. The van der Waals surface area contributed by atoms with Crippen LogP contribution in [0.2, 0.25) is 0 Å². The molecule has 1 aromatic carbocycles. The van der Waals surface area contributed by atoms with E-state index in [0.717, 1.165) is 18.5 Å². The van der Waals surface area contributed by atoms with E-state index in [0.29, 0.717) is 12.1 Å². The van der Waals surface area contributed by atoms with Crippen LogP contribution in [-0.4, -0.2) is 25.2 Å². The summed E-state index contributed by atoms with van der Waals surface area (Å²) in [4.78, 5) is 11.9. The molecule has 1 aromatic rings. The van der Waals surface area contributed by atoms with Gasteiger partial charge in [0.2, 0.25) is 0 Å². The maximum Gasteiger partial charge on any atom is 0.338 e. The summed E-state index contributed by atoms with van der Waals surface area (Å²) in [6.45, 7) is 7.67. The molecule has 0 spiro atoms. The fraction of sp³-hybridized carbons (Fsp3) is 0.533. The molecule has 0 aliphatic rings. The van der Waals surface area contributed by atoms with Crippen molar-refractivity contribution in [2.24, 2.45) is 0 Å². The first kappa shape index (κ1) is 14.7. The van der Waals surface area contributed by atoms with Gasteiger partial charge in [0.05, 0.1) is 5.56 Å². The van der Waals surface area contributed by atoms with Crippen molar-refractivity contribution in [1.29, 1.82) is 0 Å². The van der Waals surface area contributed by atoms with Gasteiger partial charge in [-0.1, -0.05) is 31.5 Å². The fourth-order valence-electron chi connectivity index (χ4n) is 1.70. The number of carbonyl (C=O) groups excluding carboxylic acids is 1. The Hall–Kier alpha value is -1.35. The van der Waals surface area contributed by atoms with Crippen LogP contribution in [0, 0.1) is 6.92 Å². The Morgan fingerprint density at radius 1 is 1.39 bits per heavy atom. The van der Waals surface area contributed by atoms with Crippen LogP contribution in [0.5, 0.6) is 0 Å². The number of hydrogen-bond acceptors (Lipinski definition) is 3. The summed E-state index contributed by atoms with van der Waals surface area (Å²) in [5.41, 5.74) is 1.60. The first-order valence-corrected chi connectivity index (χ1v) is 6.62. The molecule has 18 heavy (non-hydrogen) atoms. The van der Waals surface area contributed by atoms with Crippen LogP contribution in [-0.2, 0) is 4.74 Å². The van der Waals surface area contributed by atoms with Crippen molar-refractivity contribution < 1.29 is 9.53 Å².